The van der Waals surface area contributed by atoms with E-state index < -0.39 is 0 Å². The van der Waals surface area contributed by atoms with Crippen molar-refractivity contribution in [3.05, 3.63) is 50.7 Å². The Morgan fingerprint density at radius 3 is 2.67 bits per heavy atom. The predicted molar refractivity (Wildman–Crippen MR) is 75.1 cm³/mol. The number of Topliss-reactive ketones (excluding diaryl/α,β-unsaturated/α-hetero) is 1. The maximum absolute atomic E-state index is 11.8. The molecule has 0 aliphatic heterocycles. The Balaban J connectivity index is 2.01. The molecule has 1 aromatic heterocycles. The minimum atomic E-state index is -0.0492. The van der Waals surface area contributed by atoms with Gasteiger partial charge in [0.25, 0.3) is 0 Å². The molecule has 4 heteroatoms. The average Bonchev–Trinajstić information content (AvgIpc) is 2.74. The summed E-state index contributed by atoms with van der Waals surface area (Å²) >= 11 is 7.06. The predicted octanol–water partition coefficient (Wildman–Crippen LogP) is 4.28. The lowest BCUT2D eigenvalue weighted by molar-refractivity contribution is 0.0925. The quantitative estimate of drug-likeness (QED) is 0.782. The molecule has 0 radical (unpaired) electrons. The van der Waals surface area contributed by atoms with Gasteiger partial charge in [0, 0.05) is 0 Å². The SMILES string of the molecule is Cc1ccc(OCC(=O)c2ccc(Cl)s2)c(C)c1. The first-order valence-electron chi connectivity index (χ1n) is 5.55. The van der Waals surface area contributed by atoms with Crippen molar-refractivity contribution in [2.45, 2.75) is 13.8 Å². The van der Waals surface area contributed by atoms with Crippen LogP contribution in [0.4, 0.5) is 0 Å². The lowest BCUT2D eigenvalue weighted by atomic mass is 10.1. The van der Waals surface area contributed by atoms with Gasteiger partial charge in [0.2, 0.25) is 5.78 Å². The molecule has 0 atom stereocenters. The van der Waals surface area contributed by atoms with Crippen LogP contribution < -0.4 is 4.74 Å². The van der Waals surface area contributed by atoms with Gasteiger partial charge in [0.15, 0.2) is 6.61 Å². The van der Waals surface area contributed by atoms with E-state index in [0.29, 0.717) is 9.21 Å². The van der Waals surface area contributed by atoms with Gasteiger partial charge >= 0.3 is 0 Å². The molecule has 0 N–H and O–H groups in total. The van der Waals surface area contributed by atoms with Crippen molar-refractivity contribution in [3.63, 3.8) is 0 Å². The summed E-state index contributed by atoms with van der Waals surface area (Å²) in [5.41, 5.74) is 2.21. The van der Waals surface area contributed by atoms with E-state index >= 15 is 0 Å². The van der Waals surface area contributed by atoms with Crippen molar-refractivity contribution in [2.75, 3.05) is 6.61 Å². The first-order valence-corrected chi connectivity index (χ1v) is 6.74. The molecule has 0 spiro atoms. The standard InChI is InChI=1S/C14H13ClO2S/c1-9-3-4-12(10(2)7-9)17-8-11(16)13-5-6-14(15)18-13/h3-7H,8H2,1-2H3. The van der Waals surface area contributed by atoms with Crippen LogP contribution in [0.3, 0.4) is 0 Å². The van der Waals surface area contributed by atoms with Crippen LogP contribution in [0, 0.1) is 13.8 Å². The zero-order valence-electron chi connectivity index (χ0n) is 10.2. The highest BCUT2D eigenvalue weighted by atomic mass is 35.5. The summed E-state index contributed by atoms with van der Waals surface area (Å²) in [6.07, 6.45) is 0. The van der Waals surface area contributed by atoms with E-state index in [1.54, 1.807) is 12.1 Å². The minimum absolute atomic E-state index is 0.0424. The van der Waals surface area contributed by atoms with Crippen LogP contribution in [0.2, 0.25) is 4.34 Å². The second kappa shape index (κ2) is 5.55. The molecular weight excluding hydrogens is 268 g/mol. The number of thiophene rings is 1. The normalized spacial score (nSPS) is 10.4. The van der Waals surface area contributed by atoms with Crippen molar-refractivity contribution in [1.29, 1.82) is 0 Å². The molecule has 0 saturated heterocycles. The zero-order chi connectivity index (χ0) is 13.1. The van der Waals surface area contributed by atoms with Gasteiger partial charge < -0.3 is 4.74 Å². The summed E-state index contributed by atoms with van der Waals surface area (Å²) in [7, 11) is 0. The summed E-state index contributed by atoms with van der Waals surface area (Å²) in [5, 5.41) is 0. The highest BCUT2D eigenvalue weighted by molar-refractivity contribution is 7.18. The van der Waals surface area contributed by atoms with Crippen molar-refractivity contribution in [3.8, 4) is 5.75 Å². The van der Waals surface area contributed by atoms with Crippen LogP contribution in [0.1, 0.15) is 20.8 Å². The topological polar surface area (TPSA) is 26.3 Å². The molecule has 0 fully saturated rings. The van der Waals surface area contributed by atoms with Gasteiger partial charge in [0.05, 0.1) is 9.21 Å². The fourth-order valence-electron chi connectivity index (χ4n) is 1.64. The van der Waals surface area contributed by atoms with Gasteiger partial charge in [-0.15, -0.1) is 11.3 Å². The number of rotatable bonds is 4. The third-order valence-electron chi connectivity index (χ3n) is 2.54. The molecule has 0 amide bonds. The van der Waals surface area contributed by atoms with E-state index in [1.165, 1.54) is 16.9 Å². The number of benzene rings is 1. The Morgan fingerprint density at radius 2 is 2.06 bits per heavy atom. The first-order chi connectivity index (χ1) is 8.56. The molecule has 18 heavy (non-hydrogen) atoms. The third kappa shape index (κ3) is 3.12. The van der Waals surface area contributed by atoms with Gasteiger partial charge in [-0.2, -0.15) is 0 Å². The number of ketones is 1. The molecule has 2 nitrogen and oxygen atoms in total. The fourth-order valence-corrected chi connectivity index (χ4v) is 2.61. The fraction of sp³-hybridized carbons (Fsp3) is 0.214. The Labute approximate surface area is 115 Å². The van der Waals surface area contributed by atoms with Crippen LogP contribution in [0.5, 0.6) is 5.75 Å². The second-order valence-corrected chi connectivity index (χ2v) is 5.80. The highest BCUT2D eigenvalue weighted by Gasteiger charge is 2.10. The summed E-state index contributed by atoms with van der Waals surface area (Å²) in [4.78, 5) is 12.5. The Bertz CT molecular complexity index is 575. The van der Waals surface area contributed by atoms with Crippen LogP contribution in [0.25, 0.3) is 0 Å². The van der Waals surface area contributed by atoms with Gasteiger partial charge in [-0.05, 0) is 37.6 Å². The monoisotopic (exact) mass is 280 g/mol. The molecular formula is C14H13ClO2S. The lowest BCUT2D eigenvalue weighted by Crippen LogP contribution is -2.10. The van der Waals surface area contributed by atoms with E-state index in [0.717, 1.165) is 11.3 Å². The van der Waals surface area contributed by atoms with Gasteiger partial charge in [0.1, 0.15) is 5.75 Å². The van der Waals surface area contributed by atoms with Crippen molar-refractivity contribution in [1.82, 2.24) is 0 Å². The molecule has 0 aliphatic carbocycles. The number of aryl methyl sites for hydroxylation is 2. The van der Waals surface area contributed by atoms with Crippen LogP contribution in [0.15, 0.2) is 30.3 Å². The Morgan fingerprint density at radius 1 is 1.28 bits per heavy atom. The number of carbonyl (C=O) groups excluding carboxylic acids is 1. The van der Waals surface area contributed by atoms with Crippen molar-refractivity contribution in [2.24, 2.45) is 0 Å². The average molecular weight is 281 g/mol. The van der Waals surface area contributed by atoms with E-state index in [-0.39, 0.29) is 12.4 Å². The number of carbonyl (C=O) groups is 1. The van der Waals surface area contributed by atoms with Crippen LogP contribution in [-0.2, 0) is 0 Å². The minimum Gasteiger partial charge on any atom is -0.485 e. The second-order valence-electron chi connectivity index (χ2n) is 4.08. The Kier molecular flexibility index (Phi) is 4.04. The van der Waals surface area contributed by atoms with E-state index in [9.17, 15) is 4.79 Å². The zero-order valence-corrected chi connectivity index (χ0v) is 11.8. The summed E-state index contributed by atoms with van der Waals surface area (Å²) in [5.74, 6) is 0.698. The largest absolute Gasteiger partial charge is 0.485 e. The number of halogens is 1. The van der Waals surface area contributed by atoms with Gasteiger partial charge in [-0.1, -0.05) is 29.3 Å². The smallest absolute Gasteiger partial charge is 0.210 e. The molecule has 0 aliphatic rings. The molecule has 1 aromatic carbocycles. The third-order valence-corrected chi connectivity index (χ3v) is 3.81. The maximum atomic E-state index is 11.8. The summed E-state index contributed by atoms with van der Waals surface area (Å²) in [6.45, 7) is 4.03. The summed E-state index contributed by atoms with van der Waals surface area (Å²) in [6, 6.07) is 9.33. The summed E-state index contributed by atoms with van der Waals surface area (Å²) < 4.78 is 6.15. The molecule has 2 rings (SSSR count). The van der Waals surface area contributed by atoms with Crippen LogP contribution in [-0.4, -0.2) is 12.4 Å². The molecule has 0 unspecified atom stereocenters. The number of ether oxygens (including phenoxy) is 1. The Hall–Kier alpha value is -1.32. The maximum Gasteiger partial charge on any atom is 0.210 e. The van der Waals surface area contributed by atoms with E-state index in [2.05, 4.69) is 0 Å². The number of hydrogen-bond acceptors (Lipinski definition) is 3. The van der Waals surface area contributed by atoms with E-state index in [1.807, 2.05) is 32.0 Å². The molecule has 0 saturated carbocycles. The molecule has 94 valence electrons. The van der Waals surface area contributed by atoms with Crippen molar-refractivity contribution >= 4 is 28.7 Å². The molecule has 0 bridgehead atoms. The number of hydrogen-bond donors (Lipinski definition) is 0. The molecule has 1 heterocycles. The van der Waals surface area contributed by atoms with Crippen molar-refractivity contribution < 1.29 is 9.53 Å². The van der Waals surface area contributed by atoms with Crippen LogP contribution >= 0.6 is 22.9 Å². The lowest BCUT2D eigenvalue weighted by Gasteiger charge is -2.08. The van der Waals surface area contributed by atoms with E-state index in [4.69, 9.17) is 16.3 Å². The first kappa shape index (κ1) is 13.1. The molecule has 2 aromatic rings. The van der Waals surface area contributed by atoms with Gasteiger partial charge in [-0.3, -0.25) is 4.79 Å². The van der Waals surface area contributed by atoms with Gasteiger partial charge in [-0.25, -0.2) is 0 Å². The highest BCUT2D eigenvalue weighted by Crippen LogP contribution is 2.23.